The molecule has 1 N–H and O–H groups in total. The van der Waals surface area contributed by atoms with Gasteiger partial charge in [0.1, 0.15) is 0 Å². The Bertz CT molecular complexity index is 475. The van der Waals surface area contributed by atoms with Gasteiger partial charge < -0.3 is 10.2 Å². The fourth-order valence-corrected chi connectivity index (χ4v) is 3.43. The Morgan fingerprint density at radius 3 is 3.12 bits per heavy atom. The number of rotatable bonds is 0. The number of benzene rings is 1. The van der Waals surface area contributed by atoms with E-state index >= 15 is 0 Å². The Kier molecular flexibility index (Phi) is 1.65. The first-order valence-electron chi connectivity index (χ1n) is 6.27. The van der Waals surface area contributed by atoms with E-state index in [-0.39, 0.29) is 0 Å². The van der Waals surface area contributed by atoms with Crippen molar-refractivity contribution < 1.29 is 0 Å². The van der Waals surface area contributed by atoms with Crippen molar-refractivity contribution >= 4 is 11.3 Å². The monoisotopic (exact) mass is 212 g/mol. The second-order valence-electron chi connectivity index (χ2n) is 4.98. The first kappa shape index (κ1) is 8.68. The summed E-state index contributed by atoms with van der Waals surface area (Å²) in [5.74, 6) is 0. The molecular weight excluding hydrogens is 196 g/mol. The second-order valence-corrected chi connectivity index (χ2v) is 4.98. The number of nitrogens with one attached hydrogen (secondary N) is 1. The van der Waals surface area contributed by atoms with Crippen molar-refractivity contribution in [1.29, 1.82) is 0 Å². The van der Waals surface area contributed by atoms with Gasteiger partial charge in [-0.25, -0.2) is 0 Å². The van der Waals surface area contributed by atoms with Crippen LogP contribution >= 0.6 is 0 Å². The lowest BCUT2D eigenvalue weighted by atomic mass is 9.94. The van der Waals surface area contributed by atoms with Gasteiger partial charge in [0, 0.05) is 35.6 Å². The van der Waals surface area contributed by atoms with Crippen molar-refractivity contribution in [1.82, 2.24) is 4.90 Å². The van der Waals surface area contributed by atoms with E-state index in [1.165, 1.54) is 43.6 Å². The van der Waals surface area contributed by atoms with E-state index in [4.69, 9.17) is 0 Å². The fraction of sp³-hybridized carbons (Fsp3) is 0.429. The van der Waals surface area contributed by atoms with Crippen LogP contribution in [0.3, 0.4) is 0 Å². The predicted molar refractivity (Wildman–Crippen MR) is 66.2 cm³/mol. The highest BCUT2D eigenvalue weighted by molar-refractivity contribution is 5.88. The van der Waals surface area contributed by atoms with Gasteiger partial charge >= 0.3 is 0 Å². The van der Waals surface area contributed by atoms with Gasteiger partial charge in [-0.05, 0) is 25.3 Å². The zero-order valence-electron chi connectivity index (χ0n) is 9.37. The number of anilines is 1. The Hall–Kier alpha value is -1.44. The van der Waals surface area contributed by atoms with Crippen LogP contribution in [0, 0.1) is 0 Å². The standard InChI is InChI=1S/C14H16N2/c1-2-5-11-10(4-1)14-12(15-11)7-9-16-8-3-6-13(14)16/h1-2,4-5,12,15H,3,6-9H2. The lowest BCUT2D eigenvalue weighted by Crippen LogP contribution is -2.32. The molecule has 0 aromatic heterocycles. The molecule has 0 amide bonds. The number of nitrogens with zero attached hydrogens (tertiary/aromatic N) is 1. The molecule has 16 heavy (non-hydrogen) atoms. The van der Waals surface area contributed by atoms with E-state index in [1.807, 2.05) is 0 Å². The third-order valence-electron chi connectivity index (χ3n) is 4.12. The molecule has 2 nitrogen and oxygen atoms in total. The van der Waals surface area contributed by atoms with E-state index in [9.17, 15) is 0 Å². The molecule has 3 heterocycles. The highest BCUT2D eigenvalue weighted by Crippen LogP contribution is 2.44. The summed E-state index contributed by atoms with van der Waals surface area (Å²) in [7, 11) is 0. The molecule has 0 radical (unpaired) electrons. The first-order valence-corrected chi connectivity index (χ1v) is 6.27. The molecule has 1 saturated heterocycles. The molecule has 1 fully saturated rings. The zero-order valence-corrected chi connectivity index (χ0v) is 9.37. The minimum absolute atomic E-state index is 0.585. The average Bonchev–Trinajstić information content (AvgIpc) is 2.91. The van der Waals surface area contributed by atoms with Crippen LogP contribution in [0.15, 0.2) is 30.0 Å². The molecule has 1 unspecified atom stereocenters. The van der Waals surface area contributed by atoms with Crippen molar-refractivity contribution in [3.63, 3.8) is 0 Å². The third kappa shape index (κ3) is 1.02. The largest absolute Gasteiger partial charge is 0.378 e. The van der Waals surface area contributed by atoms with Crippen LogP contribution in [0.1, 0.15) is 24.8 Å². The molecule has 82 valence electrons. The van der Waals surface area contributed by atoms with Crippen molar-refractivity contribution in [2.45, 2.75) is 25.3 Å². The van der Waals surface area contributed by atoms with Gasteiger partial charge in [-0.15, -0.1) is 0 Å². The molecule has 1 atom stereocenters. The van der Waals surface area contributed by atoms with Crippen molar-refractivity contribution in [2.24, 2.45) is 0 Å². The number of para-hydroxylation sites is 1. The highest BCUT2D eigenvalue weighted by atomic mass is 15.2. The quantitative estimate of drug-likeness (QED) is 0.711. The van der Waals surface area contributed by atoms with E-state index in [0.29, 0.717) is 6.04 Å². The average molecular weight is 212 g/mol. The minimum atomic E-state index is 0.585. The van der Waals surface area contributed by atoms with Crippen LogP contribution in [-0.4, -0.2) is 24.0 Å². The molecule has 2 heteroatoms. The summed E-state index contributed by atoms with van der Waals surface area (Å²) < 4.78 is 0. The smallest absolute Gasteiger partial charge is 0.0554 e. The lowest BCUT2D eigenvalue weighted by Gasteiger charge is -2.31. The summed E-state index contributed by atoms with van der Waals surface area (Å²) in [5.41, 5.74) is 6.01. The maximum Gasteiger partial charge on any atom is 0.0554 e. The van der Waals surface area contributed by atoms with Gasteiger partial charge in [0.2, 0.25) is 0 Å². The molecule has 1 aromatic carbocycles. The summed E-state index contributed by atoms with van der Waals surface area (Å²) in [4.78, 5) is 2.59. The Morgan fingerprint density at radius 1 is 1.19 bits per heavy atom. The molecule has 3 aliphatic rings. The van der Waals surface area contributed by atoms with Gasteiger partial charge in [-0.3, -0.25) is 0 Å². The van der Waals surface area contributed by atoms with E-state index < -0.39 is 0 Å². The summed E-state index contributed by atoms with van der Waals surface area (Å²) in [6.45, 7) is 2.51. The normalized spacial score (nSPS) is 26.2. The number of allylic oxidation sites excluding steroid dienone is 1. The molecule has 1 aromatic rings. The summed E-state index contributed by atoms with van der Waals surface area (Å²) in [6.07, 6.45) is 3.88. The van der Waals surface area contributed by atoms with Gasteiger partial charge in [0.15, 0.2) is 0 Å². The van der Waals surface area contributed by atoms with Crippen molar-refractivity contribution in [2.75, 3.05) is 18.4 Å². The predicted octanol–water partition coefficient (Wildman–Crippen LogP) is 2.69. The Labute approximate surface area is 96.0 Å². The topological polar surface area (TPSA) is 15.3 Å². The van der Waals surface area contributed by atoms with Crippen molar-refractivity contribution in [3.8, 4) is 0 Å². The summed E-state index contributed by atoms with van der Waals surface area (Å²) in [5, 5.41) is 3.66. The molecular formula is C14H16N2. The third-order valence-corrected chi connectivity index (χ3v) is 4.12. The number of hydrogen-bond acceptors (Lipinski definition) is 2. The molecule has 0 spiro atoms. The molecule has 0 saturated carbocycles. The molecule has 3 aliphatic heterocycles. The van der Waals surface area contributed by atoms with Gasteiger partial charge in [0.25, 0.3) is 0 Å². The van der Waals surface area contributed by atoms with E-state index in [1.54, 1.807) is 11.3 Å². The van der Waals surface area contributed by atoms with Gasteiger partial charge in [-0.1, -0.05) is 18.2 Å². The van der Waals surface area contributed by atoms with Crippen LogP contribution in [0.2, 0.25) is 0 Å². The van der Waals surface area contributed by atoms with Crippen LogP contribution in [0.25, 0.3) is 5.57 Å². The lowest BCUT2D eigenvalue weighted by molar-refractivity contribution is 0.368. The maximum atomic E-state index is 3.66. The van der Waals surface area contributed by atoms with Gasteiger partial charge in [0.05, 0.1) is 6.04 Å². The zero-order chi connectivity index (χ0) is 10.5. The van der Waals surface area contributed by atoms with Gasteiger partial charge in [-0.2, -0.15) is 0 Å². The first-order chi connectivity index (χ1) is 7.93. The SMILES string of the molecule is c1ccc2c(c1)NC1CCN3CCCC3=C21. The molecule has 0 aliphatic carbocycles. The van der Waals surface area contributed by atoms with Crippen molar-refractivity contribution in [3.05, 3.63) is 35.5 Å². The second kappa shape index (κ2) is 3.03. The number of hydrogen-bond donors (Lipinski definition) is 1. The van der Waals surface area contributed by atoms with E-state index in [2.05, 4.69) is 34.5 Å². The number of fused-ring (bicyclic) bond motifs is 4. The van der Waals surface area contributed by atoms with Crippen LogP contribution < -0.4 is 5.32 Å². The van der Waals surface area contributed by atoms with Crippen LogP contribution in [-0.2, 0) is 0 Å². The molecule has 4 rings (SSSR count). The summed E-state index contributed by atoms with van der Waals surface area (Å²) in [6, 6.07) is 9.35. The highest BCUT2D eigenvalue weighted by Gasteiger charge is 2.35. The maximum absolute atomic E-state index is 3.66. The Morgan fingerprint density at radius 2 is 2.12 bits per heavy atom. The van der Waals surface area contributed by atoms with Crippen LogP contribution in [0.4, 0.5) is 5.69 Å². The van der Waals surface area contributed by atoms with Crippen LogP contribution in [0.5, 0.6) is 0 Å². The Balaban J connectivity index is 1.93. The molecule has 0 bridgehead atoms. The van der Waals surface area contributed by atoms with E-state index in [0.717, 1.165) is 0 Å². The fourth-order valence-electron chi connectivity index (χ4n) is 3.43. The minimum Gasteiger partial charge on any atom is -0.378 e. The summed E-state index contributed by atoms with van der Waals surface area (Å²) >= 11 is 0.